The Balaban J connectivity index is 1.12. The van der Waals surface area contributed by atoms with Crippen LogP contribution in [0.3, 0.4) is 0 Å². The quantitative estimate of drug-likeness (QED) is 0.0685. The highest BCUT2D eigenvalue weighted by molar-refractivity contribution is 5.90. The van der Waals surface area contributed by atoms with Crippen LogP contribution in [0.15, 0.2) is 91.0 Å². The molecule has 0 bridgehead atoms. The SMILES string of the molecule is CCCCCCCCO[C@H]1O[C@H](COC2O[C@H](COC(=O)c3ccccc3)[C@@H]3O[C@H]23)[C@@H](OC(=O)c2ccccc2)[C@@H]1OC(=O)c1ccccc1. The lowest BCUT2D eigenvalue weighted by atomic mass is 10.1. The molecule has 266 valence electrons. The molecule has 0 amide bonds. The van der Waals surface area contributed by atoms with Gasteiger partial charge in [0.2, 0.25) is 0 Å². The highest BCUT2D eigenvalue weighted by Crippen LogP contribution is 2.40. The smallest absolute Gasteiger partial charge is 0.338 e. The van der Waals surface area contributed by atoms with Gasteiger partial charge in [0.15, 0.2) is 24.8 Å². The summed E-state index contributed by atoms with van der Waals surface area (Å²) >= 11 is 0. The molecule has 0 radical (unpaired) electrons. The second-order valence-corrected chi connectivity index (χ2v) is 12.6. The van der Waals surface area contributed by atoms with Gasteiger partial charge in [-0.2, -0.15) is 0 Å². The third-order valence-corrected chi connectivity index (χ3v) is 8.87. The van der Waals surface area contributed by atoms with Crippen LogP contribution in [-0.4, -0.2) is 86.9 Å². The van der Waals surface area contributed by atoms with E-state index in [1.807, 2.05) is 6.07 Å². The van der Waals surface area contributed by atoms with Gasteiger partial charge in [0.05, 0.1) is 23.3 Å². The number of unbranched alkanes of at least 4 members (excludes halogenated alkanes) is 5. The highest BCUT2D eigenvalue weighted by Gasteiger charge is 2.60. The predicted molar refractivity (Wildman–Crippen MR) is 179 cm³/mol. The monoisotopic (exact) mass is 688 g/mol. The lowest BCUT2D eigenvalue weighted by molar-refractivity contribution is -0.210. The molecule has 3 heterocycles. The zero-order valence-electron chi connectivity index (χ0n) is 28.1. The van der Waals surface area contributed by atoms with Crippen LogP contribution in [0.25, 0.3) is 0 Å². The third kappa shape index (κ3) is 9.35. The summed E-state index contributed by atoms with van der Waals surface area (Å²) < 4.78 is 47.9. The standard InChI is InChI=1S/C39H44O11/c1-2-3-4-5-6-16-23-43-38-34(50-37(42)28-21-14-9-15-22-28)32(49-36(41)27-19-12-8-13-20-27)30(46-38)25-45-39-33-31(48-33)29(47-39)24-44-35(40)26-17-10-7-11-18-26/h7-15,17-22,29-34,38-39H,2-6,16,23-25H2,1H3/t29-,30-,31+,32-,33+,34+,38+,39?/m1/s1. The molecule has 1 unspecified atom stereocenters. The molecular weight excluding hydrogens is 644 g/mol. The van der Waals surface area contributed by atoms with E-state index in [4.69, 9.17) is 37.9 Å². The van der Waals surface area contributed by atoms with E-state index in [0.717, 1.165) is 32.1 Å². The maximum absolute atomic E-state index is 13.3. The van der Waals surface area contributed by atoms with Gasteiger partial charge in [-0.05, 0) is 42.8 Å². The number of carbonyl (C=O) groups is 3. The van der Waals surface area contributed by atoms with Crippen LogP contribution >= 0.6 is 0 Å². The first-order chi connectivity index (χ1) is 24.5. The van der Waals surface area contributed by atoms with Crippen molar-refractivity contribution in [1.82, 2.24) is 0 Å². The van der Waals surface area contributed by atoms with E-state index in [2.05, 4.69) is 6.92 Å². The molecule has 8 atom stereocenters. The Kier molecular flexibility index (Phi) is 12.6. The molecule has 50 heavy (non-hydrogen) atoms. The summed E-state index contributed by atoms with van der Waals surface area (Å²) in [5.41, 5.74) is 1.11. The minimum atomic E-state index is -1.08. The van der Waals surface area contributed by atoms with E-state index in [1.165, 1.54) is 6.42 Å². The molecule has 11 heteroatoms. The summed E-state index contributed by atoms with van der Waals surface area (Å²) in [6.07, 6.45) is 0.443. The van der Waals surface area contributed by atoms with Gasteiger partial charge in [-0.3, -0.25) is 0 Å². The zero-order chi connectivity index (χ0) is 34.7. The molecule has 0 aromatic heterocycles. The molecule has 3 aromatic rings. The van der Waals surface area contributed by atoms with E-state index in [1.54, 1.807) is 84.9 Å². The van der Waals surface area contributed by atoms with Crippen molar-refractivity contribution in [1.29, 1.82) is 0 Å². The summed E-state index contributed by atoms with van der Waals surface area (Å²) in [5, 5.41) is 0. The molecule has 11 nitrogen and oxygen atoms in total. The molecule has 3 aromatic carbocycles. The zero-order valence-corrected chi connectivity index (χ0v) is 28.1. The minimum absolute atomic E-state index is 0.00212. The molecule has 3 fully saturated rings. The molecule has 0 saturated carbocycles. The van der Waals surface area contributed by atoms with Crippen molar-refractivity contribution in [2.45, 2.75) is 94.7 Å². The molecule has 0 spiro atoms. The number of rotatable bonds is 18. The number of ether oxygens (including phenoxy) is 8. The van der Waals surface area contributed by atoms with Crippen molar-refractivity contribution in [3.8, 4) is 0 Å². The van der Waals surface area contributed by atoms with Gasteiger partial charge < -0.3 is 37.9 Å². The number of hydrogen-bond acceptors (Lipinski definition) is 11. The summed E-state index contributed by atoms with van der Waals surface area (Å²) in [6, 6.07) is 25.8. The number of fused-ring (bicyclic) bond motifs is 1. The summed E-state index contributed by atoms with van der Waals surface area (Å²) in [7, 11) is 0. The fourth-order valence-electron chi connectivity index (χ4n) is 6.10. The van der Waals surface area contributed by atoms with Crippen LogP contribution in [0.5, 0.6) is 0 Å². The Morgan fingerprint density at radius 3 is 1.70 bits per heavy atom. The van der Waals surface area contributed by atoms with Gasteiger partial charge >= 0.3 is 17.9 Å². The maximum Gasteiger partial charge on any atom is 0.338 e. The fraction of sp³-hybridized carbons (Fsp3) is 0.462. The maximum atomic E-state index is 13.3. The molecule has 0 aliphatic carbocycles. The van der Waals surface area contributed by atoms with Gasteiger partial charge in [0, 0.05) is 6.61 Å². The first-order valence-electron chi connectivity index (χ1n) is 17.5. The van der Waals surface area contributed by atoms with Gasteiger partial charge in [0.1, 0.15) is 31.0 Å². The summed E-state index contributed by atoms with van der Waals surface area (Å²) in [6.45, 7) is 2.46. The van der Waals surface area contributed by atoms with E-state index in [0.29, 0.717) is 23.3 Å². The van der Waals surface area contributed by atoms with Crippen molar-refractivity contribution in [2.75, 3.05) is 19.8 Å². The number of carbonyl (C=O) groups excluding carboxylic acids is 3. The Morgan fingerprint density at radius 2 is 1.08 bits per heavy atom. The van der Waals surface area contributed by atoms with Gasteiger partial charge in [-0.1, -0.05) is 93.6 Å². The molecule has 0 N–H and O–H groups in total. The average Bonchev–Trinajstić information content (AvgIpc) is 3.79. The Morgan fingerprint density at radius 1 is 0.540 bits per heavy atom. The minimum Gasteiger partial charge on any atom is -0.459 e. The lowest BCUT2D eigenvalue weighted by Crippen LogP contribution is -2.43. The summed E-state index contributed by atoms with van der Waals surface area (Å²) in [4.78, 5) is 39.1. The van der Waals surface area contributed by atoms with Crippen molar-refractivity contribution in [3.63, 3.8) is 0 Å². The molecule has 3 aliphatic rings. The molecular formula is C39H44O11. The van der Waals surface area contributed by atoms with Crippen LogP contribution in [0.4, 0.5) is 0 Å². The predicted octanol–water partition coefficient (Wildman–Crippen LogP) is 5.91. The first kappa shape index (κ1) is 35.7. The largest absolute Gasteiger partial charge is 0.459 e. The van der Waals surface area contributed by atoms with Crippen LogP contribution in [0.1, 0.15) is 76.5 Å². The van der Waals surface area contributed by atoms with Crippen molar-refractivity contribution in [3.05, 3.63) is 108 Å². The Labute approximate surface area is 292 Å². The van der Waals surface area contributed by atoms with E-state index < -0.39 is 54.9 Å². The number of hydrogen-bond donors (Lipinski definition) is 0. The second-order valence-electron chi connectivity index (χ2n) is 12.6. The van der Waals surface area contributed by atoms with Gasteiger partial charge in [-0.15, -0.1) is 0 Å². The van der Waals surface area contributed by atoms with Gasteiger partial charge in [0.25, 0.3) is 0 Å². The van der Waals surface area contributed by atoms with Gasteiger partial charge in [-0.25, -0.2) is 14.4 Å². The van der Waals surface area contributed by atoms with Crippen LogP contribution in [-0.2, 0) is 37.9 Å². The van der Waals surface area contributed by atoms with E-state index in [9.17, 15) is 14.4 Å². The second kappa shape index (κ2) is 17.7. The Bertz CT molecular complexity index is 1520. The molecule has 3 aliphatic heterocycles. The van der Waals surface area contributed by atoms with Crippen LogP contribution in [0.2, 0.25) is 0 Å². The number of benzene rings is 3. The van der Waals surface area contributed by atoms with E-state index >= 15 is 0 Å². The van der Waals surface area contributed by atoms with Crippen molar-refractivity contribution >= 4 is 17.9 Å². The van der Waals surface area contributed by atoms with Crippen molar-refractivity contribution < 1.29 is 52.3 Å². The average molecular weight is 689 g/mol. The van der Waals surface area contributed by atoms with Crippen LogP contribution in [0, 0.1) is 0 Å². The number of esters is 3. The normalized spacial score (nSPS) is 26.6. The van der Waals surface area contributed by atoms with Crippen molar-refractivity contribution in [2.24, 2.45) is 0 Å². The highest BCUT2D eigenvalue weighted by atomic mass is 16.8. The van der Waals surface area contributed by atoms with E-state index in [-0.39, 0.29) is 25.4 Å². The molecule has 3 saturated heterocycles. The fourth-order valence-corrected chi connectivity index (χ4v) is 6.10. The lowest BCUT2D eigenvalue weighted by Gasteiger charge is -2.25. The third-order valence-electron chi connectivity index (χ3n) is 8.87. The van der Waals surface area contributed by atoms with Crippen LogP contribution < -0.4 is 0 Å². The first-order valence-corrected chi connectivity index (χ1v) is 17.5. The molecule has 6 rings (SSSR count). The summed E-state index contributed by atoms with van der Waals surface area (Å²) in [5.74, 6) is -1.67. The Hall–Kier alpha value is -4.13. The number of epoxide rings is 1. The topological polar surface area (TPSA) is 128 Å².